The minimum Gasteiger partial charge on any atom is -0.488 e. The molecule has 0 spiro atoms. The first kappa shape index (κ1) is 18.3. The fourth-order valence-electron chi connectivity index (χ4n) is 2.06. The van der Waals surface area contributed by atoms with Crippen molar-refractivity contribution in [3.05, 3.63) is 69.7 Å². The largest absolute Gasteiger partial charge is 0.488 e. The first-order valence-corrected chi connectivity index (χ1v) is 8.60. The molecule has 2 aromatic rings. The van der Waals surface area contributed by atoms with E-state index in [0.717, 1.165) is 15.6 Å². The average Bonchev–Trinajstić information content (AvgIpc) is 2.53. The van der Waals surface area contributed by atoms with Crippen LogP contribution in [0.4, 0.5) is 0 Å². The highest BCUT2D eigenvalue weighted by Crippen LogP contribution is 2.25. The average molecular weight is 389 g/mol. The van der Waals surface area contributed by atoms with Gasteiger partial charge in [0, 0.05) is 16.1 Å². The lowest BCUT2D eigenvalue weighted by molar-refractivity contribution is -0.141. The van der Waals surface area contributed by atoms with Gasteiger partial charge in [0.1, 0.15) is 12.4 Å². The molecule has 0 aromatic heterocycles. The molecule has 126 valence electrons. The summed E-state index contributed by atoms with van der Waals surface area (Å²) in [5, 5.41) is 0. The van der Waals surface area contributed by atoms with Gasteiger partial charge in [0.25, 0.3) is 0 Å². The van der Waals surface area contributed by atoms with Crippen molar-refractivity contribution >= 4 is 28.0 Å². The second-order valence-electron chi connectivity index (χ2n) is 5.78. The molecule has 0 bridgehead atoms. The molecule has 0 saturated heterocycles. The number of aryl methyl sites for hydroxylation is 1. The normalized spacial score (nSPS) is 11.0. The number of esters is 1. The van der Waals surface area contributed by atoms with Gasteiger partial charge in [0.2, 0.25) is 0 Å². The zero-order chi connectivity index (χ0) is 17.5. The van der Waals surface area contributed by atoms with Crippen LogP contribution in [0.25, 0.3) is 6.08 Å². The van der Waals surface area contributed by atoms with E-state index in [1.165, 1.54) is 11.6 Å². The molecule has 2 rings (SSSR count). The van der Waals surface area contributed by atoms with E-state index in [9.17, 15) is 4.79 Å². The van der Waals surface area contributed by atoms with Gasteiger partial charge in [-0.05, 0) is 50.6 Å². The van der Waals surface area contributed by atoms with Crippen LogP contribution in [-0.2, 0) is 16.1 Å². The van der Waals surface area contributed by atoms with Gasteiger partial charge in [-0.2, -0.15) is 0 Å². The first-order chi connectivity index (χ1) is 11.4. The summed E-state index contributed by atoms with van der Waals surface area (Å²) in [4.78, 5) is 11.7. The highest BCUT2D eigenvalue weighted by Gasteiger charge is 2.05. The lowest BCUT2D eigenvalue weighted by Crippen LogP contribution is -2.08. The monoisotopic (exact) mass is 388 g/mol. The maximum Gasteiger partial charge on any atom is 0.331 e. The SMILES string of the molecule is Cc1ccc(COc2ccc(Br)cc2/C=C/C(=O)OC(C)C)cc1. The Kier molecular flexibility index (Phi) is 6.62. The number of hydrogen-bond acceptors (Lipinski definition) is 3. The number of hydrogen-bond donors (Lipinski definition) is 0. The van der Waals surface area contributed by atoms with Crippen molar-refractivity contribution in [2.75, 3.05) is 0 Å². The molecule has 0 fully saturated rings. The predicted octanol–water partition coefficient (Wildman–Crippen LogP) is 5.30. The third-order valence-electron chi connectivity index (χ3n) is 3.24. The van der Waals surface area contributed by atoms with Gasteiger partial charge in [-0.25, -0.2) is 4.79 Å². The van der Waals surface area contributed by atoms with Crippen LogP contribution >= 0.6 is 15.9 Å². The summed E-state index contributed by atoms with van der Waals surface area (Å²) in [5.74, 6) is 0.349. The van der Waals surface area contributed by atoms with E-state index in [-0.39, 0.29) is 12.1 Å². The van der Waals surface area contributed by atoms with Crippen molar-refractivity contribution in [2.24, 2.45) is 0 Å². The summed E-state index contributed by atoms with van der Waals surface area (Å²) in [7, 11) is 0. The van der Waals surface area contributed by atoms with Gasteiger partial charge >= 0.3 is 5.97 Å². The Morgan fingerprint density at radius 2 is 1.88 bits per heavy atom. The van der Waals surface area contributed by atoms with E-state index in [1.807, 2.05) is 44.2 Å². The molecule has 0 N–H and O–H groups in total. The molecule has 0 heterocycles. The Hall–Kier alpha value is -2.07. The van der Waals surface area contributed by atoms with Crippen LogP contribution in [0.3, 0.4) is 0 Å². The first-order valence-electron chi connectivity index (χ1n) is 7.80. The number of benzene rings is 2. The van der Waals surface area contributed by atoms with Crippen LogP contribution in [0, 0.1) is 6.92 Å². The van der Waals surface area contributed by atoms with Crippen molar-refractivity contribution < 1.29 is 14.3 Å². The van der Waals surface area contributed by atoms with Crippen LogP contribution in [0.2, 0.25) is 0 Å². The maximum atomic E-state index is 11.7. The molecule has 4 heteroatoms. The van der Waals surface area contributed by atoms with Crippen LogP contribution in [0.5, 0.6) is 5.75 Å². The fourth-order valence-corrected chi connectivity index (χ4v) is 2.43. The molecule has 0 radical (unpaired) electrons. The van der Waals surface area contributed by atoms with E-state index >= 15 is 0 Å². The molecule has 0 aliphatic heterocycles. The third kappa shape index (κ3) is 5.85. The van der Waals surface area contributed by atoms with Crippen molar-refractivity contribution in [1.82, 2.24) is 0 Å². The van der Waals surface area contributed by atoms with E-state index in [4.69, 9.17) is 9.47 Å². The number of rotatable bonds is 6. The third-order valence-corrected chi connectivity index (χ3v) is 3.73. The minimum absolute atomic E-state index is 0.137. The molecule has 0 saturated carbocycles. The van der Waals surface area contributed by atoms with Crippen molar-refractivity contribution in [3.8, 4) is 5.75 Å². The molecular formula is C20H21BrO3. The number of carbonyl (C=O) groups is 1. The molecule has 3 nitrogen and oxygen atoms in total. The zero-order valence-electron chi connectivity index (χ0n) is 14.1. The molecule has 0 aliphatic carbocycles. The lowest BCUT2D eigenvalue weighted by Gasteiger charge is -2.10. The smallest absolute Gasteiger partial charge is 0.331 e. The highest BCUT2D eigenvalue weighted by atomic mass is 79.9. The number of halogens is 1. The van der Waals surface area contributed by atoms with Gasteiger partial charge in [-0.1, -0.05) is 45.8 Å². The molecule has 0 atom stereocenters. The van der Waals surface area contributed by atoms with Crippen LogP contribution in [-0.4, -0.2) is 12.1 Å². The van der Waals surface area contributed by atoms with Gasteiger partial charge in [0.05, 0.1) is 6.10 Å². The van der Waals surface area contributed by atoms with E-state index in [1.54, 1.807) is 6.08 Å². The Bertz CT molecular complexity index is 718. The van der Waals surface area contributed by atoms with E-state index in [2.05, 4.69) is 35.0 Å². The summed E-state index contributed by atoms with van der Waals surface area (Å²) in [6.45, 7) is 6.17. The Labute approximate surface area is 151 Å². The Morgan fingerprint density at radius 1 is 1.17 bits per heavy atom. The fraction of sp³-hybridized carbons (Fsp3) is 0.250. The van der Waals surface area contributed by atoms with Crippen molar-refractivity contribution in [1.29, 1.82) is 0 Å². The quantitative estimate of drug-likeness (QED) is 0.497. The predicted molar refractivity (Wildman–Crippen MR) is 99.9 cm³/mol. The van der Waals surface area contributed by atoms with E-state index in [0.29, 0.717) is 12.4 Å². The molecule has 24 heavy (non-hydrogen) atoms. The summed E-state index contributed by atoms with van der Waals surface area (Å²) in [6, 6.07) is 13.9. The standard InChI is InChI=1S/C20H21BrO3/c1-14(2)24-20(22)11-8-17-12-18(21)9-10-19(17)23-13-16-6-4-15(3)5-7-16/h4-12,14H,13H2,1-3H3/b11-8+. The van der Waals surface area contributed by atoms with Crippen molar-refractivity contribution in [3.63, 3.8) is 0 Å². The summed E-state index contributed by atoms with van der Waals surface area (Å²) in [5.41, 5.74) is 3.13. The van der Waals surface area contributed by atoms with Crippen molar-refractivity contribution in [2.45, 2.75) is 33.5 Å². The summed E-state index contributed by atoms with van der Waals surface area (Å²) in [6.07, 6.45) is 2.99. The zero-order valence-corrected chi connectivity index (χ0v) is 15.7. The Morgan fingerprint density at radius 3 is 2.54 bits per heavy atom. The van der Waals surface area contributed by atoms with Gasteiger partial charge in [-0.15, -0.1) is 0 Å². The molecule has 0 aliphatic rings. The van der Waals surface area contributed by atoms with Crippen LogP contribution in [0.15, 0.2) is 53.0 Å². The topological polar surface area (TPSA) is 35.5 Å². The summed E-state index contributed by atoms with van der Waals surface area (Å²) < 4.78 is 11.9. The molecule has 0 amide bonds. The molecular weight excluding hydrogens is 368 g/mol. The maximum absolute atomic E-state index is 11.7. The highest BCUT2D eigenvalue weighted by molar-refractivity contribution is 9.10. The van der Waals surface area contributed by atoms with Gasteiger partial charge in [-0.3, -0.25) is 0 Å². The van der Waals surface area contributed by atoms with E-state index < -0.39 is 0 Å². The second kappa shape index (κ2) is 8.69. The second-order valence-corrected chi connectivity index (χ2v) is 6.69. The number of ether oxygens (including phenoxy) is 2. The van der Waals surface area contributed by atoms with Crippen LogP contribution in [0.1, 0.15) is 30.5 Å². The Balaban J connectivity index is 2.10. The lowest BCUT2D eigenvalue weighted by atomic mass is 10.1. The van der Waals surface area contributed by atoms with Crippen LogP contribution < -0.4 is 4.74 Å². The molecule has 2 aromatic carbocycles. The van der Waals surface area contributed by atoms with Gasteiger partial charge < -0.3 is 9.47 Å². The minimum atomic E-state index is -0.366. The van der Waals surface area contributed by atoms with Gasteiger partial charge in [0.15, 0.2) is 0 Å². The molecule has 0 unspecified atom stereocenters. The summed E-state index contributed by atoms with van der Waals surface area (Å²) >= 11 is 3.44. The number of carbonyl (C=O) groups excluding carboxylic acids is 1.